The zero-order valence-corrected chi connectivity index (χ0v) is 26.5. The fraction of sp³-hybridized carbons (Fsp3) is 1.00. The van der Waals surface area contributed by atoms with E-state index in [1.54, 1.807) is 0 Å². The molecule has 2 nitrogen and oxygen atoms in total. The molecule has 0 bridgehead atoms. The van der Waals surface area contributed by atoms with Gasteiger partial charge in [0.25, 0.3) is 0 Å². The normalized spacial score (nSPS) is 19.5. The molecule has 0 spiro atoms. The van der Waals surface area contributed by atoms with E-state index < -0.39 is 0 Å². The average Bonchev–Trinajstić information content (AvgIpc) is 3.31. The van der Waals surface area contributed by atoms with Crippen molar-refractivity contribution in [2.75, 3.05) is 18.6 Å². The van der Waals surface area contributed by atoms with E-state index in [-0.39, 0.29) is 0 Å². The number of nitrogens with one attached hydrogen (secondary N) is 1. The van der Waals surface area contributed by atoms with Gasteiger partial charge in [-0.25, -0.2) is 5.01 Å². The largest absolute Gasteiger partial charge is 0.251 e. The first-order valence-corrected chi connectivity index (χ1v) is 18.1. The van der Waals surface area contributed by atoms with Crippen LogP contribution in [0.15, 0.2) is 0 Å². The van der Waals surface area contributed by atoms with Gasteiger partial charge in [-0.3, -0.25) is 5.43 Å². The third-order valence-electron chi connectivity index (χ3n) is 8.76. The Hall–Kier alpha value is 0.270. The maximum atomic E-state index is 4.26. The highest BCUT2D eigenvalue weighted by Crippen LogP contribution is 2.34. The number of nitrogens with zero attached hydrogens (tertiary/aromatic N) is 1. The van der Waals surface area contributed by atoms with E-state index in [4.69, 9.17) is 0 Å². The first-order valence-electron chi connectivity index (χ1n) is 16.7. The summed E-state index contributed by atoms with van der Waals surface area (Å²) in [5, 5.41) is 2.81. The van der Waals surface area contributed by atoms with Crippen LogP contribution in [0.4, 0.5) is 0 Å². The van der Waals surface area contributed by atoms with Gasteiger partial charge in [-0.2, -0.15) is 11.8 Å². The van der Waals surface area contributed by atoms with E-state index in [1.807, 2.05) is 11.8 Å². The van der Waals surface area contributed by atoms with Gasteiger partial charge in [0.2, 0.25) is 0 Å². The van der Waals surface area contributed by atoms with Crippen LogP contribution < -0.4 is 5.43 Å². The summed E-state index contributed by atoms with van der Waals surface area (Å²) in [6.45, 7) is 10.7. The van der Waals surface area contributed by atoms with Crippen molar-refractivity contribution in [3.63, 3.8) is 0 Å². The van der Waals surface area contributed by atoms with Crippen LogP contribution in [0.1, 0.15) is 169 Å². The standard InChI is InChI=1S/C33H68N2S/c1-6-10-14-18-24-30(23-17-13-9-4)33-31(25-21-22-28-36-5)29-35(34-33)32(26-19-15-11-7-2)27-20-16-12-8-3/h30-34H,6-29H2,1-5H3. The van der Waals surface area contributed by atoms with E-state index in [0.29, 0.717) is 0 Å². The van der Waals surface area contributed by atoms with Gasteiger partial charge in [0, 0.05) is 18.6 Å². The van der Waals surface area contributed by atoms with E-state index in [2.05, 4.69) is 44.4 Å². The predicted molar refractivity (Wildman–Crippen MR) is 167 cm³/mol. The molecular weight excluding hydrogens is 456 g/mol. The van der Waals surface area contributed by atoms with Crippen LogP contribution in [0.2, 0.25) is 0 Å². The summed E-state index contributed by atoms with van der Waals surface area (Å²) in [6.07, 6.45) is 33.3. The summed E-state index contributed by atoms with van der Waals surface area (Å²) in [6, 6.07) is 1.49. The zero-order chi connectivity index (χ0) is 26.3. The maximum absolute atomic E-state index is 4.26. The average molecular weight is 525 g/mol. The first kappa shape index (κ1) is 34.3. The highest BCUT2D eigenvalue weighted by atomic mass is 32.2. The molecule has 1 saturated heterocycles. The molecule has 0 aromatic carbocycles. The van der Waals surface area contributed by atoms with Crippen LogP contribution in [-0.4, -0.2) is 35.6 Å². The summed E-state index contributed by atoms with van der Waals surface area (Å²) in [7, 11) is 0. The Balaban J connectivity index is 2.90. The third kappa shape index (κ3) is 15.6. The van der Waals surface area contributed by atoms with Crippen LogP contribution in [-0.2, 0) is 0 Å². The second kappa shape index (κ2) is 24.3. The molecular formula is C33H68N2S. The van der Waals surface area contributed by atoms with Crippen molar-refractivity contribution in [3.05, 3.63) is 0 Å². The zero-order valence-electron chi connectivity index (χ0n) is 25.6. The molecule has 1 aliphatic rings. The van der Waals surface area contributed by atoms with Crippen molar-refractivity contribution < 1.29 is 0 Å². The van der Waals surface area contributed by atoms with Crippen molar-refractivity contribution in [3.8, 4) is 0 Å². The van der Waals surface area contributed by atoms with Crippen molar-refractivity contribution >= 4 is 11.8 Å². The van der Waals surface area contributed by atoms with Crippen LogP contribution in [0.25, 0.3) is 0 Å². The van der Waals surface area contributed by atoms with Crippen molar-refractivity contribution in [2.45, 2.75) is 181 Å². The summed E-state index contributed by atoms with van der Waals surface area (Å²) < 4.78 is 0. The Labute approximate surface area is 233 Å². The van der Waals surface area contributed by atoms with E-state index in [0.717, 1.165) is 23.9 Å². The minimum atomic E-state index is 0.728. The van der Waals surface area contributed by atoms with Crippen molar-refractivity contribution in [1.29, 1.82) is 0 Å². The maximum Gasteiger partial charge on any atom is 0.0284 e. The first-order chi connectivity index (χ1) is 17.7. The van der Waals surface area contributed by atoms with Gasteiger partial charge in [0.15, 0.2) is 0 Å². The molecule has 3 atom stereocenters. The monoisotopic (exact) mass is 525 g/mol. The second-order valence-electron chi connectivity index (χ2n) is 12.0. The molecule has 0 radical (unpaired) electrons. The number of unbranched alkanes of at least 4 members (excludes halogenated alkanes) is 12. The number of rotatable bonds is 26. The van der Waals surface area contributed by atoms with Crippen LogP contribution in [0.5, 0.6) is 0 Å². The molecule has 0 saturated carbocycles. The summed E-state index contributed by atoms with van der Waals surface area (Å²) in [5.41, 5.74) is 4.26. The molecule has 1 rings (SSSR count). The number of hydrogen-bond acceptors (Lipinski definition) is 3. The molecule has 36 heavy (non-hydrogen) atoms. The molecule has 3 unspecified atom stereocenters. The van der Waals surface area contributed by atoms with Crippen LogP contribution in [0, 0.1) is 11.8 Å². The Bertz CT molecular complexity index is 445. The molecule has 3 heteroatoms. The lowest BCUT2D eigenvalue weighted by atomic mass is 9.81. The Morgan fingerprint density at radius 2 is 1.14 bits per heavy atom. The van der Waals surface area contributed by atoms with E-state index in [1.165, 1.54) is 154 Å². The fourth-order valence-electron chi connectivity index (χ4n) is 6.45. The molecule has 0 aliphatic carbocycles. The van der Waals surface area contributed by atoms with Crippen molar-refractivity contribution in [1.82, 2.24) is 10.4 Å². The Morgan fingerprint density at radius 1 is 0.639 bits per heavy atom. The van der Waals surface area contributed by atoms with E-state index in [9.17, 15) is 0 Å². The number of hydrogen-bond donors (Lipinski definition) is 1. The molecule has 1 aliphatic heterocycles. The van der Waals surface area contributed by atoms with Gasteiger partial charge < -0.3 is 0 Å². The van der Waals surface area contributed by atoms with Gasteiger partial charge in [-0.15, -0.1) is 0 Å². The van der Waals surface area contributed by atoms with Crippen LogP contribution >= 0.6 is 11.8 Å². The summed E-state index contributed by atoms with van der Waals surface area (Å²) in [5.74, 6) is 3.08. The van der Waals surface area contributed by atoms with Gasteiger partial charge in [0.1, 0.15) is 0 Å². The molecule has 1 fully saturated rings. The molecule has 216 valence electrons. The van der Waals surface area contributed by atoms with Gasteiger partial charge in [-0.05, 0) is 62.4 Å². The summed E-state index contributed by atoms with van der Waals surface area (Å²) in [4.78, 5) is 0. The highest BCUT2D eigenvalue weighted by Gasteiger charge is 2.38. The SMILES string of the molecule is CCCCCCC(CCCCC)C1NN(C(CCCCCC)CCCCCC)CC1CCCCSC. The smallest absolute Gasteiger partial charge is 0.0284 e. The molecule has 0 amide bonds. The predicted octanol–water partition coefficient (Wildman–Crippen LogP) is 10.8. The topological polar surface area (TPSA) is 15.3 Å². The molecule has 0 aromatic rings. The highest BCUT2D eigenvalue weighted by molar-refractivity contribution is 7.98. The Morgan fingerprint density at radius 3 is 1.67 bits per heavy atom. The lowest BCUT2D eigenvalue weighted by Crippen LogP contribution is -2.45. The van der Waals surface area contributed by atoms with E-state index >= 15 is 0 Å². The third-order valence-corrected chi connectivity index (χ3v) is 9.46. The molecule has 0 aromatic heterocycles. The van der Waals surface area contributed by atoms with Gasteiger partial charge in [0.05, 0.1) is 0 Å². The van der Waals surface area contributed by atoms with Crippen LogP contribution in [0.3, 0.4) is 0 Å². The second-order valence-corrected chi connectivity index (χ2v) is 13.0. The quantitative estimate of drug-likeness (QED) is 0.113. The molecule has 1 N–H and O–H groups in total. The number of hydrazine groups is 1. The van der Waals surface area contributed by atoms with Gasteiger partial charge in [-0.1, -0.05) is 130 Å². The van der Waals surface area contributed by atoms with Gasteiger partial charge >= 0.3 is 0 Å². The Kier molecular flexibility index (Phi) is 23.2. The minimum absolute atomic E-state index is 0.728. The fourth-order valence-corrected chi connectivity index (χ4v) is 6.94. The lowest BCUT2D eigenvalue weighted by Gasteiger charge is -2.31. The minimum Gasteiger partial charge on any atom is -0.251 e. The van der Waals surface area contributed by atoms with Crippen molar-refractivity contribution in [2.24, 2.45) is 11.8 Å². The lowest BCUT2D eigenvalue weighted by molar-refractivity contribution is 0.127. The molecule has 1 heterocycles. The summed E-state index contributed by atoms with van der Waals surface area (Å²) >= 11 is 2.03. The number of thioether (sulfide) groups is 1.